The molecule has 4 rings (SSSR count). The van der Waals surface area contributed by atoms with E-state index in [9.17, 15) is 9.90 Å². The maximum atomic E-state index is 12.0. The summed E-state index contributed by atoms with van der Waals surface area (Å²) in [5.41, 5.74) is -0.911. The molecule has 4 nitrogen and oxygen atoms in total. The predicted molar refractivity (Wildman–Crippen MR) is 67.1 cm³/mol. The third-order valence-electron chi connectivity index (χ3n) is 7.17. The second kappa shape index (κ2) is 3.01. The third kappa shape index (κ3) is 0.993. The lowest BCUT2D eigenvalue weighted by Gasteiger charge is -2.57. The first kappa shape index (κ1) is 12.2. The van der Waals surface area contributed by atoms with Crippen LogP contribution in [-0.2, 0) is 14.3 Å². The zero-order chi connectivity index (χ0) is 13.7. The number of hydrogen-bond donors (Lipinski definition) is 1. The van der Waals surface area contributed by atoms with Gasteiger partial charge in [0.05, 0.1) is 13.0 Å². The molecule has 0 unspecified atom stereocenters. The van der Waals surface area contributed by atoms with Crippen molar-refractivity contribution in [2.75, 3.05) is 6.61 Å². The molecule has 2 heterocycles. The SMILES string of the molecule is C[C@@H]1CC[C@]23OC(=O)C[C@]12C[C@@]1(O)OC[C@]3(C)[C@@H]1C. The molecular formula is C15H22O4. The summed E-state index contributed by atoms with van der Waals surface area (Å²) in [6, 6.07) is 0. The first-order chi connectivity index (χ1) is 8.80. The predicted octanol–water partition coefficient (Wildman–Crippen LogP) is 1.85. The number of aliphatic hydroxyl groups is 1. The first-order valence-electron chi connectivity index (χ1n) is 7.38. The van der Waals surface area contributed by atoms with E-state index in [0.717, 1.165) is 12.8 Å². The van der Waals surface area contributed by atoms with Crippen LogP contribution in [0.25, 0.3) is 0 Å². The summed E-state index contributed by atoms with van der Waals surface area (Å²) in [6.45, 7) is 6.87. The molecule has 1 N–H and O–H groups in total. The van der Waals surface area contributed by atoms with E-state index in [-0.39, 0.29) is 22.7 Å². The Balaban J connectivity index is 1.97. The molecule has 2 saturated heterocycles. The topological polar surface area (TPSA) is 55.8 Å². The lowest BCUT2D eigenvalue weighted by Crippen LogP contribution is -2.64. The normalized spacial score (nSPS) is 62.8. The summed E-state index contributed by atoms with van der Waals surface area (Å²) in [5.74, 6) is -0.760. The van der Waals surface area contributed by atoms with Gasteiger partial charge in [-0.15, -0.1) is 0 Å². The minimum atomic E-state index is -1.08. The zero-order valence-corrected chi connectivity index (χ0v) is 11.9. The fourth-order valence-electron chi connectivity index (χ4n) is 5.80. The Morgan fingerprint density at radius 1 is 1.37 bits per heavy atom. The molecule has 0 aromatic rings. The second-order valence-corrected chi connectivity index (χ2v) is 7.52. The van der Waals surface area contributed by atoms with Gasteiger partial charge in [-0.05, 0) is 18.8 Å². The Morgan fingerprint density at radius 2 is 2.11 bits per heavy atom. The van der Waals surface area contributed by atoms with Gasteiger partial charge in [-0.25, -0.2) is 0 Å². The summed E-state index contributed by atoms with van der Waals surface area (Å²) in [4.78, 5) is 12.0. The highest BCUT2D eigenvalue weighted by atomic mass is 16.6. The minimum Gasteiger partial charge on any atom is -0.458 e. The van der Waals surface area contributed by atoms with E-state index < -0.39 is 11.4 Å². The molecule has 4 heteroatoms. The molecule has 2 aliphatic heterocycles. The van der Waals surface area contributed by atoms with Gasteiger partial charge >= 0.3 is 5.97 Å². The monoisotopic (exact) mass is 266 g/mol. The Labute approximate surface area is 113 Å². The Kier molecular flexibility index (Phi) is 1.93. The van der Waals surface area contributed by atoms with Gasteiger partial charge in [0.2, 0.25) is 0 Å². The molecule has 0 aromatic carbocycles. The average molecular weight is 266 g/mol. The van der Waals surface area contributed by atoms with Crippen molar-refractivity contribution in [2.45, 2.75) is 57.8 Å². The lowest BCUT2D eigenvalue weighted by molar-refractivity contribution is -0.257. The molecule has 106 valence electrons. The molecule has 4 fully saturated rings. The van der Waals surface area contributed by atoms with Crippen LogP contribution in [0.2, 0.25) is 0 Å². The maximum absolute atomic E-state index is 12.0. The van der Waals surface area contributed by atoms with Crippen LogP contribution >= 0.6 is 0 Å². The first-order valence-corrected chi connectivity index (χ1v) is 7.38. The van der Waals surface area contributed by atoms with Crippen LogP contribution in [0, 0.1) is 22.7 Å². The molecule has 2 aliphatic carbocycles. The highest BCUT2D eigenvalue weighted by molar-refractivity contribution is 5.75. The van der Waals surface area contributed by atoms with Crippen LogP contribution in [0.15, 0.2) is 0 Å². The molecule has 0 spiro atoms. The quantitative estimate of drug-likeness (QED) is 0.680. The van der Waals surface area contributed by atoms with Crippen molar-refractivity contribution in [3.63, 3.8) is 0 Å². The summed E-state index contributed by atoms with van der Waals surface area (Å²) in [7, 11) is 0. The fraction of sp³-hybridized carbons (Fsp3) is 0.933. The van der Waals surface area contributed by atoms with Crippen LogP contribution < -0.4 is 0 Å². The highest BCUT2D eigenvalue weighted by Gasteiger charge is 2.82. The molecule has 19 heavy (non-hydrogen) atoms. The van der Waals surface area contributed by atoms with Gasteiger partial charge in [-0.3, -0.25) is 4.79 Å². The van der Waals surface area contributed by atoms with Crippen LogP contribution in [-0.4, -0.2) is 29.1 Å². The van der Waals surface area contributed by atoms with Crippen molar-refractivity contribution in [1.29, 1.82) is 0 Å². The van der Waals surface area contributed by atoms with E-state index in [1.807, 2.05) is 6.92 Å². The molecule has 6 atom stereocenters. The van der Waals surface area contributed by atoms with E-state index in [1.54, 1.807) is 0 Å². The van der Waals surface area contributed by atoms with Crippen molar-refractivity contribution < 1.29 is 19.4 Å². The van der Waals surface area contributed by atoms with E-state index in [1.165, 1.54) is 0 Å². The molecular weight excluding hydrogens is 244 g/mol. The Morgan fingerprint density at radius 3 is 2.84 bits per heavy atom. The third-order valence-corrected chi connectivity index (χ3v) is 7.17. The molecule has 4 aliphatic rings. The number of rotatable bonds is 0. The molecule has 2 saturated carbocycles. The Bertz CT molecular complexity index is 477. The largest absolute Gasteiger partial charge is 0.458 e. The van der Waals surface area contributed by atoms with E-state index >= 15 is 0 Å². The summed E-state index contributed by atoms with van der Waals surface area (Å²) in [6.07, 6.45) is 2.98. The second-order valence-electron chi connectivity index (χ2n) is 7.52. The number of hydrogen-bond acceptors (Lipinski definition) is 4. The Hall–Kier alpha value is -0.610. The molecule has 0 aromatic heterocycles. The molecule has 2 bridgehead atoms. The van der Waals surface area contributed by atoms with Gasteiger partial charge in [-0.2, -0.15) is 0 Å². The van der Waals surface area contributed by atoms with E-state index in [4.69, 9.17) is 9.47 Å². The van der Waals surface area contributed by atoms with Crippen molar-refractivity contribution in [3.05, 3.63) is 0 Å². The zero-order valence-electron chi connectivity index (χ0n) is 11.9. The minimum absolute atomic E-state index is 0.00400. The average Bonchev–Trinajstić information content (AvgIpc) is 2.84. The smallest absolute Gasteiger partial charge is 0.307 e. The van der Waals surface area contributed by atoms with Crippen molar-refractivity contribution in [2.24, 2.45) is 22.7 Å². The summed E-state index contributed by atoms with van der Waals surface area (Å²) < 4.78 is 11.7. The number of esters is 1. The number of ether oxygens (including phenoxy) is 2. The van der Waals surface area contributed by atoms with Crippen LogP contribution in [0.4, 0.5) is 0 Å². The van der Waals surface area contributed by atoms with Gasteiger partial charge in [0.1, 0.15) is 5.60 Å². The van der Waals surface area contributed by atoms with Crippen LogP contribution in [0.1, 0.15) is 46.5 Å². The number of carbonyl (C=O) groups is 1. The van der Waals surface area contributed by atoms with Crippen molar-refractivity contribution in [3.8, 4) is 0 Å². The summed E-state index contributed by atoms with van der Waals surface area (Å²) >= 11 is 0. The van der Waals surface area contributed by atoms with Gasteiger partial charge in [0.15, 0.2) is 5.79 Å². The number of carbonyl (C=O) groups excluding carboxylic acids is 1. The van der Waals surface area contributed by atoms with E-state index in [2.05, 4.69) is 13.8 Å². The van der Waals surface area contributed by atoms with Gasteiger partial charge in [-0.1, -0.05) is 20.8 Å². The van der Waals surface area contributed by atoms with Gasteiger partial charge in [0, 0.05) is 23.2 Å². The maximum Gasteiger partial charge on any atom is 0.307 e. The van der Waals surface area contributed by atoms with Crippen LogP contribution in [0.3, 0.4) is 0 Å². The molecule has 0 amide bonds. The van der Waals surface area contributed by atoms with Gasteiger partial charge in [0.25, 0.3) is 0 Å². The highest BCUT2D eigenvalue weighted by Crippen LogP contribution is 2.75. The molecule has 0 radical (unpaired) electrons. The summed E-state index contributed by atoms with van der Waals surface area (Å²) in [5, 5.41) is 10.9. The standard InChI is InChI=1S/C15H22O4/c1-9-4-5-15-12(3)8-18-14(17,10(12)2)7-13(9,15)6-11(16)19-15/h9-10,17H,4-8H2,1-3H3/t9-,10+,12-,13+,14-,15-/m1/s1. The number of fused-ring (bicyclic) bond motifs is 2. The van der Waals surface area contributed by atoms with E-state index in [0.29, 0.717) is 25.4 Å². The van der Waals surface area contributed by atoms with Crippen LogP contribution in [0.5, 0.6) is 0 Å². The van der Waals surface area contributed by atoms with Crippen molar-refractivity contribution >= 4 is 5.97 Å². The lowest BCUT2D eigenvalue weighted by atomic mass is 9.48. The van der Waals surface area contributed by atoms with Crippen molar-refractivity contribution in [1.82, 2.24) is 0 Å². The fourth-order valence-corrected chi connectivity index (χ4v) is 5.80. The van der Waals surface area contributed by atoms with Gasteiger partial charge < -0.3 is 14.6 Å².